The molecule has 5 heteroatoms. The second-order valence-electron chi connectivity index (χ2n) is 4.52. The van der Waals surface area contributed by atoms with Crippen molar-refractivity contribution in [2.24, 2.45) is 11.7 Å². The van der Waals surface area contributed by atoms with Crippen LogP contribution in [-0.4, -0.2) is 19.5 Å². The van der Waals surface area contributed by atoms with Gasteiger partial charge in [-0.15, -0.1) is 0 Å². The Morgan fingerprint density at radius 3 is 2.53 bits per heavy atom. The highest BCUT2D eigenvalue weighted by Crippen LogP contribution is 2.20. The van der Waals surface area contributed by atoms with Gasteiger partial charge in [0, 0.05) is 6.04 Å². The van der Waals surface area contributed by atoms with E-state index in [-0.39, 0.29) is 6.04 Å². The molecule has 5 nitrogen and oxygen atoms in total. The fourth-order valence-electron chi connectivity index (χ4n) is 1.84. The van der Waals surface area contributed by atoms with Crippen LogP contribution < -0.4 is 5.73 Å². The third-order valence-corrected chi connectivity index (χ3v) is 2.60. The first-order valence-corrected chi connectivity index (χ1v) is 5.71. The summed E-state index contributed by atoms with van der Waals surface area (Å²) in [6.45, 7) is 4.32. The molecule has 1 atom stereocenters. The first-order valence-electron chi connectivity index (χ1n) is 5.71. The summed E-state index contributed by atoms with van der Waals surface area (Å²) in [6, 6.07) is -0.0160. The predicted octanol–water partition coefficient (Wildman–Crippen LogP) is 1.71. The lowest BCUT2D eigenvalue weighted by Gasteiger charge is -2.16. The minimum Gasteiger partial charge on any atom is -0.323 e. The molecule has 90 valence electrons. The van der Waals surface area contributed by atoms with Gasteiger partial charge in [0.05, 0.1) is 36.3 Å². The molecular formula is C12H17N5. The third-order valence-electron chi connectivity index (χ3n) is 2.60. The molecule has 2 aromatic rings. The zero-order chi connectivity index (χ0) is 12.3. The van der Waals surface area contributed by atoms with Crippen LogP contribution in [0.15, 0.2) is 31.2 Å². The van der Waals surface area contributed by atoms with Crippen LogP contribution in [0.4, 0.5) is 0 Å². The number of hydrogen-bond acceptors (Lipinski definition) is 4. The Kier molecular flexibility index (Phi) is 3.49. The quantitative estimate of drug-likeness (QED) is 0.869. The highest BCUT2D eigenvalue weighted by molar-refractivity contribution is 5.28. The number of aromatic nitrogens is 4. The Hall–Kier alpha value is -1.75. The lowest BCUT2D eigenvalue weighted by Crippen LogP contribution is -2.16. The second kappa shape index (κ2) is 5.05. The van der Waals surface area contributed by atoms with Crippen LogP contribution in [0.5, 0.6) is 0 Å². The molecule has 2 rings (SSSR count). The van der Waals surface area contributed by atoms with Crippen molar-refractivity contribution in [3.63, 3.8) is 0 Å². The number of imidazole rings is 1. The van der Waals surface area contributed by atoms with Crippen molar-refractivity contribution < 1.29 is 0 Å². The molecule has 0 aromatic carbocycles. The molecule has 0 amide bonds. The summed E-state index contributed by atoms with van der Waals surface area (Å²) in [7, 11) is 0. The molecule has 17 heavy (non-hydrogen) atoms. The SMILES string of the molecule is CC(C)CC(N)c1cncn1-c1cncnc1. The van der Waals surface area contributed by atoms with Crippen molar-refractivity contribution in [1.29, 1.82) is 0 Å². The standard InChI is InChI=1S/C12H17N5/c1-9(2)3-11(13)12-6-16-8-17(12)10-4-14-7-15-5-10/h4-9,11H,3,13H2,1-2H3. The van der Waals surface area contributed by atoms with Crippen molar-refractivity contribution in [2.45, 2.75) is 26.3 Å². The van der Waals surface area contributed by atoms with Crippen molar-refractivity contribution in [3.05, 3.63) is 36.9 Å². The van der Waals surface area contributed by atoms with Crippen LogP contribution in [-0.2, 0) is 0 Å². The van der Waals surface area contributed by atoms with E-state index < -0.39 is 0 Å². The smallest absolute Gasteiger partial charge is 0.115 e. The summed E-state index contributed by atoms with van der Waals surface area (Å²) in [5.74, 6) is 0.556. The number of rotatable bonds is 4. The van der Waals surface area contributed by atoms with Crippen LogP contribution in [0.2, 0.25) is 0 Å². The fourth-order valence-corrected chi connectivity index (χ4v) is 1.84. The lowest BCUT2D eigenvalue weighted by molar-refractivity contribution is 0.498. The van der Waals surface area contributed by atoms with E-state index in [4.69, 9.17) is 5.73 Å². The number of nitrogens with zero attached hydrogens (tertiary/aromatic N) is 4. The van der Waals surface area contributed by atoms with Gasteiger partial charge in [0.2, 0.25) is 0 Å². The van der Waals surface area contributed by atoms with E-state index in [2.05, 4.69) is 28.8 Å². The van der Waals surface area contributed by atoms with Crippen LogP contribution in [0.1, 0.15) is 32.0 Å². The van der Waals surface area contributed by atoms with Gasteiger partial charge in [-0.25, -0.2) is 15.0 Å². The second-order valence-corrected chi connectivity index (χ2v) is 4.52. The summed E-state index contributed by atoms with van der Waals surface area (Å²) in [4.78, 5) is 12.2. The minimum absolute atomic E-state index is 0.0160. The van der Waals surface area contributed by atoms with E-state index >= 15 is 0 Å². The highest BCUT2D eigenvalue weighted by Gasteiger charge is 2.14. The fraction of sp³-hybridized carbons (Fsp3) is 0.417. The molecule has 0 aliphatic carbocycles. The van der Waals surface area contributed by atoms with Gasteiger partial charge in [-0.1, -0.05) is 13.8 Å². The zero-order valence-electron chi connectivity index (χ0n) is 10.1. The predicted molar refractivity (Wildman–Crippen MR) is 65.5 cm³/mol. The van der Waals surface area contributed by atoms with Crippen molar-refractivity contribution in [2.75, 3.05) is 0 Å². The van der Waals surface area contributed by atoms with Gasteiger partial charge in [-0.2, -0.15) is 0 Å². The van der Waals surface area contributed by atoms with E-state index in [0.717, 1.165) is 17.8 Å². The van der Waals surface area contributed by atoms with E-state index in [9.17, 15) is 0 Å². The van der Waals surface area contributed by atoms with Gasteiger partial charge in [0.1, 0.15) is 6.33 Å². The number of nitrogens with two attached hydrogens (primary N) is 1. The van der Waals surface area contributed by atoms with Crippen LogP contribution in [0.25, 0.3) is 5.69 Å². The van der Waals surface area contributed by atoms with Crippen molar-refractivity contribution in [1.82, 2.24) is 19.5 Å². The summed E-state index contributed by atoms with van der Waals surface area (Å²) >= 11 is 0. The maximum Gasteiger partial charge on any atom is 0.115 e. The average molecular weight is 231 g/mol. The molecule has 0 bridgehead atoms. The Bertz CT molecular complexity index is 463. The molecule has 0 radical (unpaired) electrons. The largest absolute Gasteiger partial charge is 0.323 e. The molecule has 0 spiro atoms. The summed E-state index contributed by atoms with van der Waals surface area (Å²) in [5.41, 5.74) is 8.06. The van der Waals surface area contributed by atoms with E-state index in [1.165, 1.54) is 6.33 Å². The van der Waals surface area contributed by atoms with Crippen molar-refractivity contribution in [3.8, 4) is 5.69 Å². The Morgan fingerprint density at radius 1 is 1.18 bits per heavy atom. The van der Waals surface area contributed by atoms with Crippen LogP contribution >= 0.6 is 0 Å². The Balaban J connectivity index is 2.29. The molecule has 2 N–H and O–H groups in total. The minimum atomic E-state index is -0.0160. The monoisotopic (exact) mass is 231 g/mol. The Morgan fingerprint density at radius 2 is 1.88 bits per heavy atom. The normalized spacial score (nSPS) is 12.9. The maximum atomic E-state index is 6.18. The first-order chi connectivity index (χ1) is 8.18. The van der Waals surface area contributed by atoms with Gasteiger partial charge in [0.15, 0.2) is 0 Å². The van der Waals surface area contributed by atoms with Gasteiger partial charge in [-0.3, -0.25) is 4.57 Å². The maximum absolute atomic E-state index is 6.18. The highest BCUT2D eigenvalue weighted by atomic mass is 15.1. The molecule has 0 aliphatic heterocycles. The summed E-state index contributed by atoms with van der Waals surface area (Å²) < 4.78 is 1.94. The number of hydrogen-bond donors (Lipinski definition) is 1. The summed E-state index contributed by atoms with van der Waals surface area (Å²) in [5, 5.41) is 0. The Labute approximate surface area is 101 Å². The van der Waals surface area contributed by atoms with E-state index in [1.807, 2.05) is 4.57 Å². The van der Waals surface area contributed by atoms with Crippen molar-refractivity contribution >= 4 is 0 Å². The third kappa shape index (κ3) is 2.68. The zero-order valence-corrected chi connectivity index (χ0v) is 10.1. The molecule has 2 heterocycles. The molecule has 0 saturated carbocycles. The van der Waals surface area contributed by atoms with E-state index in [0.29, 0.717) is 5.92 Å². The molecule has 2 aromatic heterocycles. The first kappa shape index (κ1) is 11.7. The van der Waals surface area contributed by atoms with Gasteiger partial charge < -0.3 is 5.73 Å². The summed E-state index contributed by atoms with van der Waals surface area (Å²) in [6.07, 6.45) is 9.49. The van der Waals surface area contributed by atoms with Gasteiger partial charge in [0.25, 0.3) is 0 Å². The molecule has 1 unspecified atom stereocenters. The molecule has 0 aliphatic rings. The molecule has 0 fully saturated rings. The van der Waals surface area contributed by atoms with E-state index in [1.54, 1.807) is 24.9 Å². The van der Waals surface area contributed by atoms with Gasteiger partial charge >= 0.3 is 0 Å². The average Bonchev–Trinajstić information content (AvgIpc) is 2.78. The molecule has 0 saturated heterocycles. The topological polar surface area (TPSA) is 69.6 Å². The lowest BCUT2D eigenvalue weighted by atomic mass is 10.0. The van der Waals surface area contributed by atoms with Crippen LogP contribution in [0, 0.1) is 5.92 Å². The van der Waals surface area contributed by atoms with Crippen LogP contribution in [0.3, 0.4) is 0 Å². The van der Waals surface area contributed by atoms with Gasteiger partial charge in [-0.05, 0) is 12.3 Å². The molecular weight excluding hydrogens is 214 g/mol.